The predicted octanol–water partition coefficient (Wildman–Crippen LogP) is 3.06. The second-order valence-electron chi connectivity index (χ2n) is 6.45. The third-order valence-corrected chi connectivity index (χ3v) is 4.43. The van der Waals surface area contributed by atoms with Crippen molar-refractivity contribution >= 4 is 5.91 Å². The largest absolute Gasteiger partial charge is 0.345 e. The van der Waals surface area contributed by atoms with Crippen molar-refractivity contribution in [2.75, 3.05) is 0 Å². The van der Waals surface area contributed by atoms with Crippen LogP contribution in [0.3, 0.4) is 0 Å². The van der Waals surface area contributed by atoms with Gasteiger partial charge in [0.25, 0.3) is 5.91 Å². The normalized spacial score (nSPS) is 14.4. The van der Waals surface area contributed by atoms with Crippen LogP contribution in [-0.2, 0) is 19.5 Å². The van der Waals surface area contributed by atoms with E-state index in [9.17, 15) is 4.79 Å². The Morgan fingerprint density at radius 2 is 1.96 bits per heavy atom. The number of benzene rings is 1. The number of aryl methyl sites for hydroxylation is 1. The summed E-state index contributed by atoms with van der Waals surface area (Å²) in [5.74, 6) is 2.31. The molecular formula is C18H24N4O. The van der Waals surface area contributed by atoms with Gasteiger partial charge in [-0.25, -0.2) is 0 Å². The van der Waals surface area contributed by atoms with Crippen molar-refractivity contribution in [3.8, 4) is 0 Å². The molecule has 1 aliphatic rings. The van der Waals surface area contributed by atoms with E-state index in [1.54, 1.807) is 0 Å². The molecule has 0 unspecified atom stereocenters. The fourth-order valence-electron chi connectivity index (χ4n) is 2.96. The first-order valence-electron chi connectivity index (χ1n) is 8.44. The zero-order chi connectivity index (χ0) is 16.2. The summed E-state index contributed by atoms with van der Waals surface area (Å²) in [6.07, 6.45) is 4.55. The number of nitrogens with zero attached hydrogens (tertiary/aromatic N) is 3. The Morgan fingerprint density at radius 1 is 1.17 bits per heavy atom. The van der Waals surface area contributed by atoms with E-state index in [1.165, 1.54) is 18.4 Å². The van der Waals surface area contributed by atoms with Crippen molar-refractivity contribution in [1.29, 1.82) is 0 Å². The molecule has 1 aromatic heterocycles. The van der Waals surface area contributed by atoms with E-state index in [0.29, 0.717) is 18.0 Å². The zero-order valence-corrected chi connectivity index (χ0v) is 13.9. The smallest absolute Gasteiger partial charge is 0.251 e. The maximum absolute atomic E-state index is 12.3. The Balaban J connectivity index is 1.64. The lowest BCUT2D eigenvalue weighted by Gasteiger charge is -2.09. The average Bonchev–Trinajstić information content (AvgIpc) is 2.79. The van der Waals surface area contributed by atoms with Gasteiger partial charge < -0.3 is 9.88 Å². The molecule has 3 rings (SSSR count). The Hall–Kier alpha value is -2.17. The molecule has 23 heavy (non-hydrogen) atoms. The summed E-state index contributed by atoms with van der Waals surface area (Å²) in [5.41, 5.74) is 1.93. The van der Waals surface area contributed by atoms with Gasteiger partial charge in [-0.15, -0.1) is 10.2 Å². The molecule has 0 aliphatic carbocycles. The second-order valence-corrected chi connectivity index (χ2v) is 6.45. The molecule has 0 bridgehead atoms. The molecule has 1 aliphatic heterocycles. The van der Waals surface area contributed by atoms with E-state index in [1.807, 2.05) is 24.3 Å². The van der Waals surface area contributed by atoms with Crippen LogP contribution in [0.4, 0.5) is 0 Å². The number of amides is 1. The number of nitrogens with one attached hydrogen (secondary N) is 1. The molecule has 0 atom stereocenters. The lowest BCUT2D eigenvalue weighted by molar-refractivity contribution is 0.0949. The van der Waals surface area contributed by atoms with Crippen LogP contribution in [-0.4, -0.2) is 20.7 Å². The average molecular weight is 312 g/mol. The van der Waals surface area contributed by atoms with Crippen molar-refractivity contribution in [2.24, 2.45) is 0 Å². The van der Waals surface area contributed by atoms with Gasteiger partial charge in [0.15, 0.2) is 5.82 Å². The number of hydrogen-bond acceptors (Lipinski definition) is 3. The first-order valence-corrected chi connectivity index (χ1v) is 8.44. The van der Waals surface area contributed by atoms with Crippen LogP contribution in [0, 0.1) is 0 Å². The highest BCUT2D eigenvalue weighted by atomic mass is 16.1. The van der Waals surface area contributed by atoms with Crippen LogP contribution >= 0.6 is 0 Å². The van der Waals surface area contributed by atoms with Gasteiger partial charge in [-0.1, -0.05) is 32.4 Å². The maximum atomic E-state index is 12.3. The SMILES string of the molecule is CC(C)c1ccc(C(=O)NCc2nnc3n2CCCCC3)cc1. The third-order valence-electron chi connectivity index (χ3n) is 4.43. The molecule has 1 aromatic carbocycles. The molecule has 5 heteroatoms. The summed E-state index contributed by atoms with van der Waals surface area (Å²) in [4.78, 5) is 12.3. The fraction of sp³-hybridized carbons (Fsp3) is 0.500. The number of carbonyl (C=O) groups excluding carboxylic acids is 1. The van der Waals surface area contributed by atoms with Crippen LogP contribution in [0.15, 0.2) is 24.3 Å². The standard InChI is InChI=1S/C18H24N4O/c1-13(2)14-7-9-15(10-8-14)18(23)19-12-17-21-20-16-6-4-3-5-11-22(16)17/h7-10,13H,3-6,11-12H2,1-2H3,(H,19,23). The Kier molecular flexibility index (Phi) is 4.74. The van der Waals surface area contributed by atoms with E-state index in [4.69, 9.17) is 0 Å². The number of fused-ring (bicyclic) bond motifs is 1. The fourth-order valence-corrected chi connectivity index (χ4v) is 2.96. The van der Waals surface area contributed by atoms with E-state index in [0.717, 1.165) is 31.0 Å². The molecule has 122 valence electrons. The van der Waals surface area contributed by atoms with Gasteiger partial charge in [-0.2, -0.15) is 0 Å². The molecule has 1 N–H and O–H groups in total. The zero-order valence-electron chi connectivity index (χ0n) is 13.9. The number of carbonyl (C=O) groups is 1. The third kappa shape index (κ3) is 3.60. The topological polar surface area (TPSA) is 59.8 Å². The van der Waals surface area contributed by atoms with Crippen molar-refractivity contribution in [3.05, 3.63) is 47.0 Å². The Morgan fingerprint density at radius 3 is 2.70 bits per heavy atom. The molecule has 0 fully saturated rings. The summed E-state index contributed by atoms with van der Waals surface area (Å²) < 4.78 is 2.16. The van der Waals surface area contributed by atoms with Gasteiger partial charge in [0.05, 0.1) is 6.54 Å². The predicted molar refractivity (Wildman–Crippen MR) is 89.3 cm³/mol. The van der Waals surface area contributed by atoms with Crippen molar-refractivity contribution < 1.29 is 4.79 Å². The van der Waals surface area contributed by atoms with Gasteiger partial charge in [0.1, 0.15) is 5.82 Å². The molecule has 0 radical (unpaired) electrons. The first kappa shape index (κ1) is 15.7. The van der Waals surface area contributed by atoms with E-state index < -0.39 is 0 Å². The molecule has 2 aromatic rings. The lowest BCUT2D eigenvalue weighted by atomic mass is 10.0. The van der Waals surface area contributed by atoms with Crippen LogP contribution in [0.2, 0.25) is 0 Å². The quantitative estimate of drug-likeness (QED) is 0.944. The highest BCUT2D eigenvalue weighted by Gasteiger charge is 2.15. The minimum Gasteiger partial charge on any atom is -0.345 e. The molecule has 0 saturated heterocycles. The Labute approximate surface area is 137 Å². The summed E-state index contributed by atoms with van der Waals surface area (Å²) in [7, 11) is 0. The minimum absolute atomic E-state index is 0.0636. The highest BCUT2D eigenvalue weighted by molar-refractivity contribution is 5.94. The van der Waals surface area contributed by atoms with Crippen molar-refractivity contribution in [2.45, 2.75) is 58.5 Å². The monoisotopic (exact) mass is 312 g/mol. The maximum Gasteiger partial charge on any atom is 0.251 e. The molecule has 0 saturated carbocycles. The number of hydrogen-bond donors (Lipinski definition) is 1. The number of aromatic nitrogens is 3. The molecule has 0 spiro atoms. The van der Waals surface area contributed by atoms with Gasteiger partial charge in [0.2, 0.25) is 0 Å². The van der Waals surface area contributed by atoms with Gasteiger partial charge >= 0.3 is 0 Å². The van der Waals surface area contributed by atoms with Gasteiger partial charge in [-0.3, -0.25) is 4.79 Å². The summed E-state index contributed by atoms with van der Waals surface area (Å²) in [6.45, 7) is 5.67. The van der Waals surface area contributed by atoms with Crippen LogP contribution in [0.5, 0.6) is 0 Å². The molecular weight excluding hydrogens is 288 g/mol. The Bertz CT molecular complexity index is 673. The van der Waals surface area contributed by atoms with Gasteiger partial charge in [0, 0.05) is 18.5 Å². The second kappa shape index (κ2) is 6.94. The van der Waals surface area contributed by atoms with E-state index in [2.05, 4.69) is 33.9 Å². The molecule has 5 nitrogen and oxygen atoms in total. The van der Waals surface area contributed by atoms with E-state index in [-0.39, 0.29) is 5.91 Å². The highest BCUT2D eigenvalue weighted by Crippen LogP contribution is 2.16. The van der Waals surface area contributed by atoms with Crippen LogP contribution < -0.4 is 5.32 Å². The van der Waals surface area contributed by atoms with Crippen LogP contribution in [0.25, 0.3) is 0 Å². The van der Waals surface area contributed by atoms with Crippen LogP contribution in [0.1, 0.15) is 66.6 Å². The summed E-state index contributed by atoms with van der Waals surface area (Å²) in [5, 5.41) is 11.5. The van der Waals surface area contributed by atoms with Crippen molar-refractivity contribution in [3.63, 3.8) is 0 Å². The molecule has 2 heterocycles. The van der Waals surface area contributed by atoms with Gasteiger partial charge in [-0.05, 0) is 36.5 Å². The lowest BCUT2D eigenvalue weighted by Crippen LogP contribution is -2.25. The van der Waals surface area contributed by atoms with Crippen molar-refractivity contribution in [1.82, 2.24) is 20.1 Å². The minimum atomic E-state index is -0.0636. The van der Waals surface area contributed by atoms with E-state index >= 15 is 0 Å². The number of rotatable bonds is 4. The molecule has 1 amide bonds. The first-order chi connectivity index (χ1) is 11.1. The summed E-state index contributed by atoms with van der Waals surface area (Å²) >= 11 is 0. The summed E-state index contributed by atoms with van der Waals surface area (Å²) in [6, 6.07) is 7.80.